The standard InChI is InChI=1S/C30H38N6O6/c1-4-25(37)21-15-20(2)16-22(17-21)31-30(38)34-28-23-18-27(42-14-7-35-5-10-40-11-6-35)26(39-3)19-24(23)32-29(33-28)36-8-12-41-13-9-36/h15-19H,4-14H2,1-3H3,(H2,31,32,33,34,38). The molecule has 2 amide bonds. The van der Waals surface area contributed by atoms with Gasteiger partial charge < -0.3 is 29.2 Å². The number of aromatic nitrogens is 2. The maximum atomic E-state index is 13.3. The molecular formula is C30H38N6O6. The Morgan fingerprint density at radius 3 is 2.38 bits per heavy atom. The molecule has 3 aromatic rings. The average molecular weight is 579 g/mol. The number of nitrogens with zero attached hydrogens (tertiary/aromatic N) is 4. The number of ketones is 1. The highest BCUT2D eigenvalue weighted by Gasteiger charge is 2.21. The number of morpholine rings is 2. The van der Waals surface area contributed by atoms with E-state index in [0.29, 0.717) is 84.7 Å². The number of aryl methyl sites for hydroxylation is 1. The first kappa shape index (κ1) is 29.5. The molecule has 12 nitrogen and oxygen atoms in total. The van der Waals surface area contributed by atoms with Crippen LogP contribution in [0.25, 0.3) is 10.9 Å². The Hall–Kier alpha value is -4.00. The predicted octanol–water partition coefficient (Wildman–Crippen LogP) is 3.73. The number of nitrogens with one attached hydrogen (secondary N) is 2. The molecule has 2 saturated heterocycles. The van der Waals surface area contributed by atoms with Crippen molar-refractivity contribution in [2.45, 2.75) is 20.3 Å². The number of anilines is 3. The Balaban J connectivity index is 1.43. The Morgan fingerprint density at radius 1 is 0.929 bits per heavy atom. The van der Waals surface area contributed by atoms with Crippen LogP contribution in [0.15, 0.2) is 30.3 Å². The summed E-state index contributed by atoms with van der Waals surface area (Å²) in [6.07, 6.45) is 0.382. The van der Waals surface area contributed by atoms with Gasteiger partial charge in [0.15, 0.2) is 17.3 Å². The molecule has 0 saturated carbocycles. The summed E-state index contributed by atoms with van der Waals surface area (Å²) in [6, 6.07) is 8.42. The van der Waals surface area contributed by atoms with Crippen LogP contribution >= 0.6 is 0 Å². The van der Waals surface area contributed by atoms with Crippen molar-refractivity contribution < 1.29 is 28.5 Å². The van der Waals surface area contributed by atoms with E-state index in [9.17, 15) is 9.59 Å². The number of urea groups is 1. The number of carbonyl (C=O) groups excluding carboxylic acids is 2. The molecule has 2 aliphatic rings. The highest BCUT2D eigenvalue weighted by Crippen LogP contribution is 2.35. The topological polar surface area (TPSA) is 127 Å². The lowest BCUT2D eigenvalue weighted by molar-refractivity contribution is 0.0321. The molecule has 2 aliphatic heterocycles. The molecule has 0 unspecified atom stereocenters. The van der Waals surface area contributed by atoms with Crippen LogP contribution in [0.3, 0.4) is 0 Å². The first-order valence-corrected chi connectivity index (χ1v) is 14.3. The highest BCUT2D eigenvalue weighted by molar-refractivity contribution is 6.06. The normalized spacial score (nSPS) is 15.8. The van der Waals surface area contributed by atoms with Crippen LogP contribution in [-0.2, 0) is 9.47 Å². The summed E-state index contributed by atoms with van der Waals surface area (Å²) < 4.78 is 22.7. The predicted molar refractivity (Wildman–Crippen MR) is 160 cm³/mol. The zero-order valence-corrected chi connectivity index (χ0v) is 24.4. The number of amides is 2. The number of rotatable bonds is 10. The molecule has 0 aliphatic carbocycles. The molecule has 0 atom stereocenters. The number of methoxy groups -OCH3 is 1. The van der Waals surface area contributed by atoms with E-state index in [0.717, 1.165) is 38.4 Å². The van der Waals surface area contributed by atoms with Crippen molar-refractivity contribution in [3.63, 3.8) is 0 Å². The van der Waals surface area contributed by atoms with Gasteiger partial charge in [-0.1, -0.05) is 6.92 Å². The second kappa shape index (κ2) is 13.8. The lowest BCUT2D eigenvalue weighted by Crippen LogP contribution is -2.38. The van der Waals surface area contributed by atoms with Crippen molar-refractivity contribution in [3.8, 4) is 11.5 Å². The molecule has 3 heterocycles. The van der Waals surface area contributed by atoms with Gasteiger partial charge >= 0.3 is 6.03 Å². The summed E-state index contributed by atoms with van der Waals surface area (Å²) >= 11 is 0. The van der Waals surface area contributed by atoms with Gasteiger partial charge in [0.05, 0.1) is 39.1 Å². The van der Waals surface area contributed by atoms with Crippen molar-refractivity contribution in [2.75, 3.05) is 88.4 Å². The molecule has 5 rings (SSSR count). The zero-order chi connectivity index (χ0) is 29.5. The second-order valence-corrected chi connectivity index (χ2v) is 10.2. The van der Waals surface area contributed by atoms with Crippen molar-refractivity contribution in [1.29, 1.82) is 0 Å². The molecule has 2 aromatic carbocycles. The van der Waals surface area contributed by atoms with Gasteiger partial charge in [0, 0.05) is 61.8 Å². The number of benzene rings is 2. The lowest BCUT2D eigenvalue weighted by atomic mass is 10.1. The second-order valence-electron chi connectivity index (χ2n) is 10.2. The highest BCUT2D eigenvalue weighted by atomic mass is 16.5. The molecule has 224 valence electrons. The van der Waals surface area contributed by atoms with Gasteiger partial charge in [-0.15, -0.1) is 0 Å². The molecule has 0 bridgehead atoms. The third-order valence-electron chi connectivity index (χ3n) is 7.24. The van der Waals surface area contributed by atoms with Gasteiger partial charge in [-0.2, -0.15) is 4.98 Å². The van der Waals surface area contributed by atoms with Crippen LogP contribution in [0, 0.1) is 6.92 Å². The molecule has 12 heteroatoms. The van der Waals surface area contributed by atoms with Crippen LogP contribution < -0.4 is 25.0 Å². The molecule has 1 aromatic heterocycles. The molecule has 2 N–H and O–H groups in total. The van der Waals surface area contributed by atoms with Crippen molar-refractivity contribution in [1.82, 2.24) is 14.9 Å². The summed E-state index contributed by atoms with van der Waals surface area (Å²) in [5, 5.41) is 6.37. The summed E-state index contributed by atoms with van der Waals surface area (Å²) in [6.45, 7) is 10.5. The minimum absolute atomic E-state index is 0.00852. The monoisotopic (exact) mass is 578 g/mol. The Labute approximate surface area is 245 Å². The van der Waals surface area contributed by atoms with E-state index in [2.05, 4.69) is 15.5 Å². The lowest BCUT2D eigenvalue weighted by Gasteiger charge is -2.27. The maximum Gasteiger partial charge on any atom is 0.324 e. The Bertz CT molecular complexity index is 1420. The van der Waals surface area contributed by atoms with Gasteiger partial charge in [-0.3, -0.25) is 15.0 Å². The SMILES string of the molecule is CCC(=O)c1cc(C)cc(NC(=O)Nc2nc(N3CCOCC3)nc3cc(OC)c(OCCN4CCOCC4)cc23)c1. The number of hydrogen-bond donors (Lipinski definition) is 2. The summed E-state index contributed by atoms with van der Waals surface area (Å²) in [5.74, 6) is 1.90. The van der Waals surface area contributed by atoms with Crippen molar-refractivity contribution in [3.05, 3.63) is 41.5 Å². The van der Waals surface area contributed by atoms with E-state index in [4.69, 9.17) is 28.9 Å². The third kappa shape index (κ3) is 7.25. The largest absolute Gasteiger partial charge is 0.493 e. The van der Waals surface area contributed by atoms with Gasteiger partial charge in [-0.25, -0.2) is 9.78 Å². The summed E-state index contributed by atoms with van der Waals surface area (Å²) in [5.41, 5.74) is 2.55. The van der Waals surface area contributed by atoms with E-state index < -0.39 is 6.03 Å². The van der Waals surface area contributed by atoms with E-state index in [1.165, 1.54) is 0 Å². The van der Waals surface area contributed by atoms with Crippen LogP contribution in [0.5, 0.6) is 11.5 Å². The fraction of sp³-hybridized carbons (Fsp3) is 0.467. The summed E-state index contributed by atoms with van der Waals surface area (Å²) in [7, 11) is 1.59. The van der Waals surface area contributed by atoms with Crippen LogP contribution in [0.1, 0.15) is 29.3 Å². The zero-order valence-electron chi connectivity index (χ0n) is 24.4. The van der Waals surface area contributed by atoms with Crippen LogP contribution in [0.2, 0.25) is 0 Å². The average Bonchev–Trinajstić information content (AvgIpc) is 3.01. The molecule has 42 heavy (non-hydrogen) atoms. The minimum Gasteiger partial charge on any atom is -0.493 e. The molecular weight excluding hydrogens is 540 g/mol. The fourth-order valence-electron chi connectivity index (χ4n) is 5.00. The summed E-state index contributed by atoms with van der Waals surface area (Å²) in [4.78, 5) is 39.4. The molecule has 0 spiro atoms. The molecule has 0 radical (unpaired) electrons. The maximum absolute atomic E-state index is 13.3. The van der Waals surface area contributed by atoms with E-state index in [1.807, 2.05) is 30.9 Å². The van der Waals surface area contributed by atoms with Crippen molar-refractivity contribution >= 4 is 40.2 Å². The van der Waals surface area contributed by atoms with Crippen LogP contribution in [0.4, 0.5) is 22.2 Å². The smallest absolute Gasteiger partial charge is 0.324 e. The van der Waals surface area contributed by atoms with Gasteiger partial charge in [0.2, 0.25) is 5.95 Å². The van der Waals surface area contributed by atoms with Crippen LogP contribution in [-0.4, -0.2) is 99.6 Å². The molecule has 2 fully saturated rings. The number of carbonyl (C=O) groups is 2. The van der Waals surface area contributed by atoms with E-state index >= 15 is 0 Å². The van der Waals surface area contributed by atoms with E-state index in [1.54, 1.807) is 25.3 Å². The first-order chi connectivity index (χ1) is 20.4. The quantitative estimate of drug-likeness (QED) is 0.344. The Kier molecular flexibility index (Phi) is 9.67. The fourth-order valence-corrected chi connectivity index (χ4v) is 5.00. The van der Waals surface area contributed by atoms with Gasteiger partial charge in [0.25, 0.3) is 0 Å². The minimum atomic E-state index is -0.492. The third-order valence-corrected chi connectivity index (χ3v) is 7.24. The first-order valence-electron chi connectivity index (χ1n) is 14.3. The van der Waals surface area contributed by atoms with Crippen molar-refractivity contribution in [2.24, 2.45) is 0 Å². The number of hydrogen-bond acceptors (Lipinski definition) is 10. The Morgan fingerprint density at radius 2 is 1.67 bits per heavy atom. The van der Waals surface area contributed by atoms with Gasteiger partial charge in [-0.05, 0) is 36.8 Å². The van der Waals surface area contributed by atoms with Gasteiger partial charge in [0.1, 0.15) is 12.4 Å². The number of fused-ring (bicyclic) bond motifs is 1. The number of Topliss-reactive ketones (excluding diaryl/α,β-unsaturated/α-hetero) is 1. The number of ether oxygens (including phenoxy) is 4. The van der Waals surface area contributed by atoms with E-state index in [-0.39, 0.29) is 5.78 Å².